The predicted octanol–water partition coefficient (Wildman–Crippen LogP) is 1.93. The zero-order valence-corrected chi connectivity index (χ0v) is 14.4. The third-order valence-corrected chi connectivity index (χ3v) is 5.76. The zero-order valence-electron chi connectivity index (χ0n) is 14.4. The number of rotatable bonds is 3. The summed E-state index contributed by atoms with van der Waals surface area (Å²) in [5, 5.41) is 4.54. The molecule has 0 radical (unpaired) electrons. The van der Waals surface area contributed by atoms with E-state index in [0.29, 0.717) is 12.0 Å². The van der Waals surface area contributed by atoms with Gasteiger partial charge in [0.15, 0.2) is 0 Å². The van der Waals surface area contributed by atoms with E-state index in [0.717, 1.165) is 45.3 Å². The number of carbonyl (C=O) groups is 2. The van der Waals surface area contributed by atoms with Gasteiger partial charge in [-0.3, -0.25) is 14.3 Å². The summed E-state index contributed by atoms with van der Waals surface area (Å²) in [7, 11) is 0. The average molecular weight is 330 g/mol. The molecule has 1 aliphatic carbocycles. The van der Waals surface area contributed by atoms with Gasteiger partial charge in [-0.25, -0.2) is 0 Å². The van der Waals surface area contributed by atoms with E-state index in [2.05, 4.69) is 15.8 Å². The molecule has 130 valence electrons. The second kappa shape index (κ2) is 6.22. The van der Waals surface area contributed by atoms with E-state index in [9.17, 15) is 9.59 Å². The third kappa shape index (κ3) is 2.82. The van der Waals surface area contributed by atoms with Crippen LogP contribution >= 0.6 is 0 Å². The first-order valence-corrected chi connectivity index (χ1v) is 9.24. The lowest BCUT2D eigenvalue weighted by Crippen LogP contribution is -2.49. The van der Waals surface area contributed by atoms with Crippen molar-refractivity contribution in [3.63, 3.8) is 0 Å². The first kappa shape index (κ1) is 15.7. The fraction of sp³-hybridized carbons (Fsp3) is 0.722. The molecule has 2 aliphatic heterocycles. The van der Waals surface area contributed by atoms with Crippen molar-refractivity contribution >= 4 is 11.8 Å². The van der Waals surface area contributed by atoms with Crippen LogP contribution in [0.25, 0.3) is 0 Å². The predicted molar refractivity (Wildman–Crippen MR) is 89.5 cm³/mol. The molecular formula is C18H26N4O2. The summed E-state index contributed by atoms with van der Waals surface area (Å²) in [6, 6.07) is 2.33. The van der Waals surface area contributed by atoms with Crippen molar-refractivity contribution in [3.8, 4) is 0 Å². The van der Waals surface area contributed by atoms with Gasteiger partial charge in [0.25, 0.3) is 0 Å². The Bertz CT molecular complexity index is 629. The van der Waals surface area contributed by atoms with Gasteiger partial charge in [-0.05, 0) is 44.6 Å². The van der Waals surface area contributed by atoms with Gasteiger partial charge in [-0.15, -0.1) is 0 Å². The molecule has 0 spiro atoms. The quantitative estimate of drug-likeness (QED) is 0.851. The fourth-order valence-electron chi connectivity index (χ4n) is 4.27. The standard InChI is InChI=1S/C18H26N4O2/c1-13(23)21-10-2-3-17(21)18(24)20-11-7-15(8-12-20)22-16(6-9-19-22)14-4-5-14/h6,9,14-15,17H,2-5,7-8,10-12H2,1H3/t17-/m0/s1. The number of amides is 2. The van der Waals surface area contributed by atoms with Crippen molar-refractivity contribution in [2.45, 2.75) is 63.5 Å². The van der Waals surface area contributed by atoms with Crippen molar-refractivity contribution < 1.29 is 9.59 Å². The Hall–Kier alpha value is -1.85. The van der Waals surface area contributed by atoms with E-state index in [1.54, 1.807) is 11.8 Å². The minimum atomic E-state index is -0.231. The van der Waals surface area contributed by atoms with Crippen molar-refractivity contribution in [3.05, 3.63) is 18.0 Å². The van der Waals surface area contributed by atoms with E-state index in [1.165, 1.54) is 18.5 Å². The molecule has 6 nitrogen and oxygen atoms in total. The van der Waals surface area contributed by atoms with Gasteiger partial charge in [-0.2, -0.15) is 5.10 Å². The number of carbonyl (C=O) groups excluding carboxylic acids is 2. The number of piperidine rings is 1. The van der Waals surface area contributed by atoms with Crippen molar-refractivity contribution in [2.24, 2.45) is 0 Å². The van der Waals surface area contributed by atoms with Crippen LogP contribution in [-0.4, -0.2) is 57.1 Å². The number of aromatic nitrogens is 2. The molecule has 3 heterocycles. The van der Waals surface area contributed by atoms with Crippen LogP contribution < -0.4 is 0 Å². The van der Waals surface area contributed by atoms with Crippen LogP contribution in [0.5, 0.6) is 0 Å². The molecular weight excluding hydrogens is 304 g/mol. The highest BCUT2D eigenvalue weighted by Gasteiger charge is 2.37. The van der Waals surface area contributed by atoms with Crippen molar-refractivity contribution in [1.82, 2.24) is 19.6 Å². The van der Waals surface area contributed by atoms with Gasteiger partial charge in [0.2, 0.25) is 11.8 Å². The van der Waals surface area contributed by atoms with Crippen LogP contribution in [-0.2, 0) is 9.59 Å². The molecule has 3 fully saturated rings. The topological polar surface area (TPSA) is 58.4 Å². The summed E-state index contributed by atoms with van der Waals surface area (Å²) >= 11 is 0. The molecule has 3 aliphatic rings. The SMILES string of the molecule is CC(=O)N1CCC[C@H]1C(=O)N1CCC(n2nccc2C2CC2)CC1. The van der Waals surface area contributed by atoms with Crippen molar-refractivity contribution in [1.29, 1.82) is 0 Å². The Labute approximate surface area is 142 Å². The van der Waals surface area contributed by atoms with Crippen LogP contribution in [0.4, 0.5) is 0 Å². The normalized spacial score (nSPS) is 25.3. The highest BCUT2D eigenvalue weighted by molar-refractivity contribution is 5.87. The lowest BCUT2D eigenvalue weighted by Gasteiger charge is -2.35. The number of likely N-dealkylation sites (tertiary alicyclic amines) is 2. The zero-order chi connectivity index (χ0) is 16.7. The van der Waals surface area contributed by atoms with Gasteiger partial charge in [0.05, 0.1) is 6.04 Å². The van der Waals surface area contributed by atoms with Gasteiger partial charge < -0.3 is 9.80 Å². The second-order valence-corrected chi connectivity index (χ2v) is 7.40. The molecule has 1 atom stereocenters. The van der Waals surface area contributed by atoms with E-state index in [1.807, 2.05) is 11.1 Å². The van der Waals surface area contributed by atoms with E-state index < -0.39 is 0 Å². The monoisotopic (exact) mass is 330 g/mol. The first-order valence-electron chi connectivity index (χ1n) is 9.24. The molecule has 1 aromatic rings. The summed E-state index contributed by atoms with van der Waals surface area (Å²) in [4.78, 5) is 28.2. The molecule has 1 saturated carbocycles. The molecule has 4 rings (SSSR count). The Morgan fingerprint density at radius 3 is 2.50 bits per heavy atom. The average Bonchev–Trinajstić information content (AvgIpc) is 3.13. The maximum atomic E-state index is 12.8. The molecule has 0 bridgehead atoms. The molecule has 1 aromatic heterocycles. The molecule has 0 unspecified atom stereocenters. The Balaban J connectivity index is 1.38. The molecule has 0 aromatic carbocycles. The van der Waals surface area contributed by atoms with Gasteiger partial charge in [0.1, 0.15) is 6.04 Å². The van der Waals surface area contributed by atoms with Crippen LogP contribution in [0.15, 0.2) is 12.3 Å². The van der Waals surface area contributed by atoms with E-state index in [4.69, 9.17) is 0 Å². The maximum Gasteiger partial charge on any atom is 0.245 e. The summed E-state index contributed by atoms with van der Waals surface area (Å²) in [6.45, 7) is 3.83. The van der Waals surface area contributed by atoms with Crippen LogP contribution in [0.1, 0.15) is 63.1 Å². The summed E-state index contributed by atoms with van der Waals surface area (Å²) in [5.74, 6) is 0.866. The molecule has 6 heteroatoms. The number of hydrogen-bond acceptors (Lipinski definition) is 3. The van der Waals surface area contributed by atoms with Crippen LogP contribution in [0, 0.1) is 0 Å². The Morgan fingerprint density at radius 1 is 1.08 bits per heavy atom. The lowest BCUT2D eigenvalue weighted by molar-refractivity contribution is -0.143. The Morgan fingerprint density at radius 2 is 1.83 bits per heavy atom. The Kier molecular flexibility index (Phi) is 4.06. The van der Waals surface area contributed by atoms with E-state index >= 15 is 0 Å². The lowest BCUT2D eigenvalue weighted by atomic mass is 10.0. The highest BCUT2D eigenvalue weighted by Crippen LogP contribution is 2.41. The minimum Gasteiger partial charge on any atom is -0.341 e. The smallest absolute Gasteiger partial charge is 0.245 e. The summed E-state index contributed by atoms with van der Waals surface area (Å²) in [5.41, 5.74) is 1.37. The van der Waals surface area contributed by atoms with Gasteiger partial charge in [-0.1, -0.05) is 0 Å². The first-order chi connectivity index (χ1) is 11.6. The largest absolute Gasteiger partial charge is 0.341 e. The third-order valence-electron chi connectivity index (χ3n) is 5.76. The van der Waals surface area contributed by atoms with Gasteiger partial charge in [0, 0.05) is 44.4 Å². The minimum absolute atomic E-state index is 0.0198. The number of nitrogens with zero attached hydrogens (tertiary/aromatic N) is 4. The molecule has 0 N–H and O–H groups in total. The fourth-order valence-corrected chi connectivity index (χ4v) is 4.27. The van der Waals surface area contributed by atoms with Crippen molar-refractivity contribution in [2.75, 3.05) is 19.6 Å². The molecule has 2 saturated heterocycles. The highest BCUT2D eigenvalue weighted by atomic mass is 16.2. The van der Waals surface area contributed by atoms with Gasteiger partial charge >= 0.3 is 0 Å². The summed E-state index contributed by atoms with van der Waals surface area (Å²) in [6.07, 6.45) is 8.14. The van der Waals surface area contributed by atoms with Crippen LogP contribution in [0.2, 0.25) is 0 Å². The van der Waals surface area contributed by atoms with E-state index in [-0.39, 0.29) is 17.9 Å². The molecule has 2 amide bonds. The maximum absolute atomic E-state index is 12.8. The van der Waals surface area contributed by atoms with Crippen LogP contribution in [0.3, 0.4) is 0 Å². The summed E-state index contributed by atoms with van der Waals surface area (Å²) < 4.78 is 2.21. The second-order valence-electron chi connectivity index (χ2n) is 7.40. The molecule has 24 heavy (non-hydrogen) atoms. The number of hydrogen-bond donors (Lipinski definition) is 0.